The van der Waals surface area contributed by atoms with Gasteiger partial charge in [0.15, 0.2) is 5.78 Å². The minimum atomic E-state index is -1.08. The van der Waals surface area contributed by atoms with Crippen molar-refractivity contribution in [1.82, 2.24) is 5.32 Å². The number of Topliss-reactive ketones (excluding diaryl/α,β-unsaturated/α-hetero) is 1. The fourth-order valence-corrected chi connectivity index (χ4v) is 1.84. The van der Waals surface area contributed by atoms with Gasteiger partial charge in [-0.15, -0.1) is 0 Å². The minimum Gasteiger partial charge on any atom is -0.480 e. The van der Waals surface area contributed by atoms with E-state index in [1.165, 1.54) is 0 Å². The summed E-state index contributed by atoms with van der Waals surface area (Å²) in [7, 11) is 0. The van der Waals surface area contributed by atoms with Gasteiger partial charge in [0.25, 0.3) is 0 Å². The van der Waals surface area contributed by atoms with Crippen molar-refractivity contribution < 1.29 is 19.5 Å². The Labute approximate surface area is 110 Å². The van der Waals surface area contributed by atoms with Gasteiger partial charge in [0.2, 0.25) is 5.91 Å². The molecule has 100 valence electrons. The molecule has 0 aromatic heterocycles. The summed E-state index contributed by atoms with van der Waals surface area (Å²) in [5.41, 5.74) is -0.512. The number of hydrogen-bond acceptors (Lipinski definition) is 3. The number of nitrogens with one attached hydrogen (secondary N) is 1. The number of aliphatic carboxylic acids is 1. The van der Waals surface area contributed by atoms with E-state index in [9.17, 15) is 14.4 Å². The predicted molar refractivity (Wildman–Crippen MR) is 67.8 cm³/mol. The SMILES string of the molecule is O=C(CCC(=O)c1ccccc1)NC1(C(=O)O)CC1. The number of amides is 1. The Kier molecular flexibility index (Phi) is 3.64. The van der Waals surface area contributed by atoms with Crippen LogP contribution in [0.3, 0.4) is 0 Å². The highest BCUT2D eigenvalue weighted by molar-refractivity contribution is 5.98. The molecule has 0 unspecified atom stereocenters. The van der Waals surface area contributed by atoms with Gasteiger partial charge in [-0.2, -0.15) is 0 Å². The van der Waals surface area contributed by atoms with Crippen LogP contribution in [0.4, 0.5) is 0 Å². The van der Waals surface area contributed by atoms with Crippen LogP contribution in [0, 0.1) is 0 Å². The molecule has 1 saturated carbocycles. The molecule has 0 atom stereocenters. The lowest BCUT2D eigenvalue weighted by Gasteiger charge is -2.11. The number of rotatable bonds is 6. The maximum absolute atomic E-state index is 11.8. The Morgan fingerprint density at radius 1 is 1.11 bits per heavy atom. The Morgan fingerprint density at radius 2 is 1.74 bits per heavy atom. The first-order valence-electron chi connectivity index (χ1n) is 6.16. The van der Waals surface area contributed by atoms with Crippen molar-refractivity contribution in [2.24, 2.45) is 0 Å². The zero-order chi connectivity index (χ0) is 13.9. The van der Waals surface area contributed by atoms with Crippen LogP contribution in [0.1, 0.15) is 36.0 Å². The van der Waals surface area contributed by atoms with E-state index in [1.54, 1.807) is 24.3 Å². The number of carbonyl (C=O) groups excluding carboxylic acids is 2. The molecule has 1 aliphatic rings. The first kappa shape index (κ1) is 13.3. The van der Waals surface area contributed by atoms with Gasteiger partial charge in [0.05, 0.1) is 0 Å². The maximum atomic E-state index is 11.8. The second-order valence-corrected chi connectivity index (χ2v) is 4.72. The average molecular weight is 261 g/mol. The lowest BCUT2D eigenvalue weighted by atomic mass is 10.1. The Balaban J connectivity index is 1.81. The van der Waals surface area contributed by atoms with Gasteiger partial charge < -0.3 is 10.4 Å². The second kappa shape index (κ2) is 5.22. The summed E-state index contributed by atoms with van der Waals surface area (Å²) in [5.74, 6) is -1.50. The molecule has 1 aromatic carbocycles. The van der Waals surface area contributed by atoms with Crippen molar-refractivity contribution >= 4 is 17.7 Å². The van der Waals surface area contributed by atoms with Gasteiger partial charge in [0.1, 0.15) is 5.54 Å². The van der Waals surface area contributed by atoms with Gasteiger partial charge in [-0.3, -0.25) is 9.59 Å². The number of hydrogen-bond donors (Lipinski definition) is 2. The van der Waals surface area contributed by atoms with Crippen molar-refractivity contribution in [3.05, 3.63) is 35.9 Å². The molecule has 0 radical (unpaired) electrons. The van der Waals surface area contributed by atoms with E-state index < -0.39 is 11.5 Å². The molecule has 1 aromatic rings. The van der Waals surface area contributed by atoms with Crippen molar-refractivity contribution in [3.63, 3.8) is 0 Å². The number of carboxylic acids is 1. The van der Waals surface area contributed by atoms with E-state index in [-0.39, 0.29) is 24.5 Å². The molecule has 0 aliphatic heterocycles. The zero-order valence-corrected chi connectivity index (χ0v) is 10.4. The van der Waals surface area contributed by atoms with Crippen molar-refractivity contribution in [2.75, 3.05) is 0 Å². The fraction of sp³-hybridized carbons (Fsp3) is 0.357. The zero-order valence-electron chi connectivity index (χ0n) is 10.4. The molecule has 1 aliphatic carbocycles. The van der Waals surface area contributed by atoms with Crippen molar-refractivity contribution in [2.45, 2.75) is 31.2 Å². The molecule has 1 fully saturated rings. The molecule has 5 heteroatoms. The highest BCUT2D eigenvalue weighted by atomic mass is 16.4. The molecule has 1 amide bonds. The monoisotopic (exact) mass is 261 g/mol. The molecular formula is C14H15NO4. The minimum absolute atomic E-state index is 0.0166. The number of carboxylic acid groups (broad SMARTS) is 1. The first-order valence-corrected chi connectivity index (χ1v) is 6.16. The third kappa shape index (κ3) is 3.19. The molecule has 2 rings (SSSR count). The fourth-order valence-electron chi connectivity index (χ4n) is 1.84. The van der Waals surface area contributed by atoms with Crippen LogP contribution >= 0.6 is 0 Å². The van der Waals surface area contributed by atoms with Crippen LogP contribution in [0.25, 0.3) is 0 Å². The van der Waals surface area contributed by atoms with Crippen molar-refractivity contribution in [3.8, 4) is 0 Å². The Morgan fingerprint density at radius 3 is 2.26 bits per heavy atom. The molecule has 0 heterocycles. The summed E-state index contributed by atoms with van der Waals surface area (Å²) in [6.45, 7) is 0. The van der Waals surface area contributed by atoms with E-state index >= 15 is 0 Å². The predicted octanol–water partition coefficient (Wildman–Crippen LogP) is 1.38. The summed E-state index contributed by atoms with van der Waals surface area (Å²) in [5, 5.41) is 11.4. The van der Waals surface area contributed by atoms with Crippen LogP contribution in [0.2, 0.25) is 0 Å². The third-order valence-corrected chi connectivity index (χ3v) is 3.21. The smallest absolute Gasteiger partial charge is 0.329 e. The molecular weight excluding hydrogens is 246 g/mol. The lowest BCUT2D eigenvalue weighted by Crippen LogP contribution is -2.43. The molecule has 0 saturated heterocycles. The first-order chi connectivity index (χ1) is 9.03. The summed E-state index contributed by atoms with van der Waals surface area (Å²) < 4.78 is 0. The van der Waals surface area contributed by atoms with E-state index in [4.69, 9.17) is 5.11 Å². The van der Waals surface area contributed by atoms with E-state index in [0.29, 0.717) is 18.4 Å². The summed E-state index contributed by atoms with van der Waals surface area (Å²) in [6.07, 6.45) is 1.02. The maximum Gasteiger partial charge on any atom is 0.329 e. The lowest BCUT2D eigenvalue weighted by molar-refractivity contribution is -0.143. The number of ketones is 1. The Hall–Kier alpha value is -2.17. The van der Waals surface area contributed by atoms with E-state index in [1.807, 2.05) is 6.07 Å². The highest BCUT2D eigenvalue weighted by Crippen LogP contribution is 2.35. The van der Waals surface area contributed by atoms with Crippen LogP contribution in [-0.2, 0) is 9.59 Å². The summed E-state index contributed by atoms with van der Waals surface area (Å²) in [4.78, 5) is 34.3. The van der Waals surface area contributed by atoms with Crippen LogP contribution in [0.5, 0.6) is 0 Å². The van der Waals surface area contributed by atoms with Gasteiger partial charge >= 0.3 is 5.97 Å². The van der Waals surface area contributed by atoms with Crippen LogP contribution in [0.15, 0.2) is 30.3 Å². The molecule has 0 bridgehead atoms. The third-order valence-electron chi connectivity index (χ3n) is 3.21. The topological polar surface area (TPSA) is 83.5 Å². The van der Waals surface area contributed by atoms with Crippen LogP contribution < -0.4 is 5.32 Å². The van der Waals surface area contributed by atoms with Crippen LogP contribution in [-0.4, -0.2) is 28.3 Å². The molecule has 19 heavy (non-hydrogen) atoms. The summed E-state index contributed by atoms with van der Waals surface area (Å²) >= 11 is 0. The number of carbonyl (C=O) groups is 3. The largest absolute Gasteiger partial charge is 0.480 e. The standard InChI is InChI=1S/C14H15NO4/c16-11(10-4-2-1-3-5-10)6-7-12(17)15-14(8-9-14)13(18)19/h1-5H,6-9H2,(H,15,17)(H,18,19). The molecule has 2 N–H and O–H groups in total. The van der Waals surface area contributed by atoms with Gasteiger partial charge in [-0.1, -0.05) is 30.3 Å². The average Bonchev–Trinajstić information content (AvgIpc) is 3.18. The summed E-state index contributed by atoms with van der Waals surface area (Å²) in [6, 6.07) is 8.72. The highest BCUT2D eigenvalue weighted by Gasteiger charge is 2.51. The van der Waals surface area contributed by atoms with Gasteiger partial charge in [-0.05, 0) is 12.8 Å². The van der Waals surface area contributed by atoms with Gasteiger partial charge in [0, 0.05) is 18.4 Å². The normalized spacial score (nSPS) is 15.6. The quantitative estimate of drug-likeness (QED) is 0.758. The van der Waals surface area contributed by atoms with E-state index in [0.717, 1.165) is 0 Å². The van der Waals surface area contributed by atoms with Gasteiger partial charge in [-0.25, -0.2) is 4.79 Å². The Bertz CT molecular complexity index is 505. The molecule has 5 nitrogen and oxygen atoms in total. The van der Waals surface area contributed by atoms with Crippen molar-refractivity contribution in [1.29, 1.82) is 0 Å². The van der Waals surface area contributed by atoms with E-state index in [2.05, 4.69) is 5.32 Å². The molecule has 0 spiro atoms. The second-order valence-electron chi connectivity index (χ2n) is 4.72. The number of benzene rings is 1.